The first-order chi connectivity index (χ1) is 10.7. The van der Waals surface area contributed by atoms with Gasteiger partial charge in [0, 0.05) is 37.6 Å². The maximum Gasteiger partial charge on any atom is 0.227 e. The molecule has 0 N–H and O–H groups in total. The van der Waals surface area contributed by atoms with Crippen LogP contribution >= 0.6 is 11.3 Å². The molecule has 0 bridgehead atoms. The van der Waals surface area contributed by atoms with Crippen molar-refractivity contribution in [1.82, 2.24) is 19.7 Å². The van der Waals surface area contributed by atoms with Gasteiger partial charge in [-0.15, -0.1) is 11.3 Å². The summed E-state index contributed by atoms with van der Waals surface area (Å²) in [5, 5.41) is 7.46. The smallest absolute Gasteiger partial charge is 0.227 e. The van der Waals surface area contributed by atoms with Crippen LogP contribution in [0.15, 0.2) is 17.8 Å². The zero-order valence-electron chi connectivity index (χ0n) is 13.2. The van der Waals surface area contributed by atoms with Gasteiger partial charge in [0.2, 0.25) is 5.91 Å². The lowest BCUT2D eigenvalue weighted by molar-refractivity contribution is -0.131. The lowest BCUT2D eigenvalue weighted by Gasteiger charge is -2.31. The highest BCUT2D eigenvalue weighted by Gasteiger charge is 2.26. The number of aromatic nitrogens is 3. The molecule has 0 saturated carbocycles. The number of carbonyl (C=O) groups excluding carboxylic acids is 1. The summed E-state index contributed by atoms with van der Waals surface area (Å²) >= 11 is 1.74. The van der Waals surface area contributed by atoms with Crippen LogP contribution in [0.25, 0.3) is 0 Å². The van der Waals surface area contributed by atoms with Gasteiger partial charge < -0.3 is 4.90 Å². The van der Waals surface area contributed by atoms with E-state index in [0.29, 0.717) is 12.3 Å². The molecule has 0 radical (unpaired) electrons. The maximum atomic E-state index is 12.5. The predicted octanol–water partition coefficient (Wildman–Crippen LogP) is 2.39. The van der Waals surface area contributed by atoms with Crippen molar-refractivity contribution in [2.75, 3.05) is 13.1 Å². The topological polar surface area (TPSA) is 51.0 Å². The molecular weight excluding hydrogens is 296 g/mol. The minimum atomic E-state index is 0.199. The Hall–Kier alpha value is -1.69. The van der Waals surface area contributed by atoms with E-state index in [1.54, 1.807) is 22.2 Å². The van der Waals surface area contributed by atoms with E-state index in [4.69, 9.17) is 4.98 Å². The number of likely N-dealkylation sites (tertiary alicyclic amines) is 1. The number of amides is 1. The molecule has 3 rings (SSSR count). The van der Waals surface area contributed by atoms with Gasteiger partial charge in [0.25, 0.3) is 0 Å². The van der Waals surface area contributed by atoms with Crippen LogP contribution in [0.3, 0.4) is 0 Å². The second-order valence-electron chi connectivity index (χ2n) is 5.91. The van der Waals surface area contributed by atoms with E-state index >= 15 is 0 Å². The fraction of sp³-hybridized carbons (Fsp3) is 0.562. The molecular formula is C16H22N4OS. The van der Waals surface area contributed by atoms with Gasteiger partial charge in [0.05, 0.1) is 23.3 Å². The Morgan fingerprint density at radius 2 is 2.36 bits per heavy atom. The van der Waals surface area contributed by atoms with Crippen LogP contribution in [0.2, 0.25) is 0 Å². The van der Waals surface area contributed by atoms with Crippen molar-refractivity contribution >= 4 is 17.2 Å². The molecule has 22 heavy (non-hydrogen) atoms. The molecule has 2 aromatic heterocycles. The first kappa shape index (κ1) is 15.2. The highest BCUT2D eigenvalue weighted by molar-refractivity contribution is 7.09. The Labute approximate surface area is 135 Å². The van der Waals surface area contributed by atoms with E-state index in [1.165, 1.54) is 10.7 Å². The maximum absolute atomic E-state index is 12.5. The Balaban J connectivity index is 1.63. The molecule has 2 aromatic rings. The molecule has 1 aliphatic heterocycles. The van der Waals surface area contributed by atoms with E-state index in [2.05, 4.69) is 17.4 Å². The van der Waals surface area contributed by atoms with E-state index < -0.39 is 0 Å². The van der Waals surface area contributed by atoms with Crippen LogP contribution in [0.4, 0.5) is 0 Å². The SMILES string of the molecule is CCc1csc([C@H]2CCCN(C(=O)Cc3cnn(C)c3)C2)n1. The monoisotopic (exact) mass is 318 g/mol. The van der Waals surface area contributed by atoms with E-state index in [1.807, 2.05) is 18.1 Å². The zero-order valence-corrected chi connectivity index (χ0v) is 14.0. The Morgan fingerprint density at radius 1 is 1.50 bits per heavy atom. The van der Waals surface area contributed by atoms with Crippen LogP contribution in [-0.4, -0.2) is 38.7 Å². The first-order valence-corrected chi connectivity index (χ1v) is 8.73. The summed E-state index contributed by atoms with van der Waals surface area (Å²) in [6.45, 7) is 3.79. The highest BCUT2D eigenvalue weighted by atomic mass is 32.1. The van der Waals surface area contributed by atoms with Crippen LogP contribution in [0, 0.1) is 0 Å². The molecule has 6 heteroatoms. The van der Waals surface area contributed by atoms with Crippen molar-refractivity contribution in [2.45, 2.75) is 38.5 Å². The third kappa shape index (κ3) is 3.38. The third-order valence-corrected chi connectivity index (χ3v) is 5.22. The van der Waals surface area contributed by atoms with Gasteiger partial charge in [0.1, 0.15) is 0 Å². The summed E-state index contributed by atoms with van der Waals surface area (Å²) in [6, 6.07) is 0. The van der Waals surface area contributed by atoms with Crippen LogP contribution in [0.5, 0.6) is 0 Å². The van der Waals surface area contributed by atoms with Crippen molar-refractivity contribution in [3.63, 3.8) is 0 Å². The number of nitrogens with zero attached hydrogens (tertiary/aromatic N) is 4. The standard InChI is InChI=1S/C16H22N4OS/c1-3-14-11-22-16(18-14)13-5-4-6-20(10-13)15(21)7-12-8-17-19(2)9-12/h8-9,11,13H,3-7,10H2,1-2H3/t13-/m0/s1. The van der Waals surface area contributed by atoms with E-state index in [0.717, 1.165) is 37.9 Å². The second-order valence-corrected chi connectivity index (χ2v) is 6.80. The van der Waals surface area contributed by atoms with Gasteiger partial charge in [0.15, 0.2) is 0 Å². The number of rotatable bonds is 4. The summed E-state index contributed by atoms with van der Waals surface area (Å²) in [5.74, 6) is 0.599. The van der Waals surface area contributed by atoms with Gasteiger partial charge in [-0.1, -0.05) is 6.92 Å². The molecule has 1 atom stereocenters. The highest BCUT2D eigenvalue weighted by Crippen LogP contribution is 2.29. The number of aryl methyl sites for hydroxylation is 2. The number of thiazole rings is 1. The van der Waals surface area contributed by atoms with Crippen molar-refractivity contribution in [3.05, 3.63) is 34.0 Å². The average molecular weight is 318 g/mol. The molecule has 1 fully saturated rings. The second kappa shape index (κ2) is 6.60. The van der Waals surface area contributed by atoms with Gasteiger partial charge in [-0.05, 0) is 24.8 Å². The molecule has 0 spiro atoms. The summed E-state index contributed by atoms with van der Waals surface area (Å²) < 4.78 is 1.74. The van der Waals surface area contributed by atoms with E-state index in [9.17, 15) is 4.79 Å². The van der Waals surface area contributed by atoms with Crippen molar-refractivity contribution in [1.29, 1.82) is 0 Å². The first-order valence-electron chi connectivity index (χ1n) is 7.85. The van der Waals surface area contributed by atoms with Gasteiger partial charge in [-0.2, -0.15) is 5.10 Å². The lowest BCUT2D eigenvalue weighted by Crippen LogP contribution is -2.39. The largest absolute Gasteiger partial charge is 0.342 e. The Kier molecular flexibility index (Phi) is 4.57. The van der Waals surface area contributed by atoms with E-state index in [-0.39, 0.29) is 5.91 Å². The lowest BCUT2D eigenvalue weighted by atomic mass is 9.98. The van der Waals surface area contributed by atoms with Gasteiger partial charge in [-0.25, -0.2) is 4.98 Å². The summed E-state index contributed by atoms with van der Waals surface area (Å²) in [6.07, 6.45) is 7.30. The minimum absolute atomic E-state index is 0.199. The van der Waals surface area contributed by atoms with Gasteiger partial charge >= 0.3 is 0 Å². The predicted molar refractivity (Wildman–Crippen MR) is 87.0 cm³/mol. The van der Waals surface area contributed by atoms with Crippen molar-refractivity contribution < 1.29 is 4.79 Å². The van der Waals surface area contributed by atoms with Crippen LogP contribution in [0.1, 0.15) is 41.9 Å². The average Bonchev–Trinajstić information content (AvgIpc) is 3.16. The normalized spacial score (nSPS) is 18.6. The quantitative estimate of drug-likeness (QED) is 0.870. The molecule has 0 unspecified atom stereocenters. The molecule has 3 heterocycles. The number of piperidine rings is 1. The molecule has 1 saturated heterocycles. The summed E-state index contributed by atoms with van der Waals surface area (Å²) in [4.78, 5) is 19.2. The minimum Gasteiger partial charge on any atom is -0.342 e. The molecule has 1 amide bonds. The Morgan fingerprint density at radius 3 is 3.05 bits per heavy atom. The Bertz CT molecular complexity index is 648. The summed E-state index contributed by atoms with van der Waals surface area (Å²) in [7, 11) is 1.87. The molecule has 0 aliphatic carbocycles. The van der Waals surface area contributed by atoms with Crippen molar-refractivity contribution in [2.24, 2.45) is 7.05 Å². The van der Waals surface area contributed by atoms with Gasteiger partial charge in [-0.3, -0.25) is 9.48 Å². The number of hydrogen-bond acceptors (Lipinski definition) is 4. The number of carbonyl (C=O) groups is 1. The third-order valence-electron chi connectivity index (χ3n) is 4.17. The number of hydrogen-bond donors (Lipinski definition) is 0. The zero-order chi connectivity index (χ0) is 15.5. The molecule has 118 valence electrons. The van der Waals surface area contributed by atoms with Crippen LogP contribution < -0.4 is 0 Å². The molecule has 5 nitrogen and oxygen atoms in total. The van der Waals surface area contributed by atoms with Crippen molar-refractivity contribution in [3.8, 4) is 0 Å². The fourth-order valence-electron chi connectivity index (χ4n) is 2.93. The van der Waals surface area contributed by atoms with Crippen LogP contribution in [-0.2, 0) is 24.7 Å². The molecule has 0 aromatic carbocycles. The summed E-state index contributed by atoms with van der Waals surface area (Å²) in [5.41, 5.74) is 2.15. The fourth-order valence-corrected chi connectivity index (χ4v) is 3.96. The molecule has 1 aliphatic rings.